The minimum Gasteiger partial charge on any atom is -0.336 e. The van der Waals surface area contributed by atoms with E-state index in [4.69, 9.17) is 0 Å². The average Bonchev–Trinajstić information content (AvgIpc) is 2.65. The largest absolute Gasteiger partial charge is 0.336 e. The van der Waals surface area contributed by atoms with Crippen LogP contribution in [-0.2, 0) is 7.05 Å². The molecule has 5 nitrogen and oxygen atoms in total. The van der Waals surface area contributed by atoms with Crippen molar-refractivity contribution in [1.29, 1.82) is 0 Å². The summed E-state index contributed by atoms with van der Waals surface area (Å²) >= 11 is 3.46. The van der Waals surface area contributed by atoms with Gasteiger partial charge in [0, 0.05) is 44.8 Å². The van der Waals surface area contributed by atoms with Crippen LogP contribution in [0.4, 0.5) is 0 Å². The zero-order valence-corrected chi connectivity index (χ0v) is 12.3. The fraction of sp³-hybridized carbons (Fsp3) is 0.667. The maximum Gasteiger partial charge on any atom is 0.274 e. The van der Waals surface area contributed by atoms with Crippen molar-refractivity contribution < 1.29 is 4.79 Å². The molecular formula is C12H19BrN4O. The summed E-state index contributed by atoms with van der Waals surface area (Å²) < 4.78 is 1.67. The molecule has 0 spiro atoms. The highest BCUT2D eigenvalue weighted by atomic mass is 79.9. The first-order valence-corrected chi connectivity index (χ1v) is 7.40. The Morgan fingerprint density at radius 1 is 1.39 bits per heavy atom. The molecule has 1 amide bonds. The molecule has 0 bridgehead atoms. The lowest BCUT2D eigenvalue weighted by Gasteiger charge is -2.20. The highest BCUT2D eigenvalue weighted by molar-refractivity contribution is 9.09. The van der Waals surface area contributed by atoms with Gasteiger partial charge in [-0.15, -0.1) is 0 Å². The number of halogens is 1. The maximum absolute atomic E-state index is 12.3. The Balaban J connectivity index is 1.95. The molecule has 2 rings (SSSR count). The summed E-state index contributed by atoms with van der Waals surface area (Å²) in [5, 5.41) is 5.16. The van der Waals surface area contributed by atoms with Gasteiger partial charge >= 0.3 is 0 Å². The van der Waals surface area contributed by atoms with Gasteiger partial charge in [0.15, 0.2) is 0 Å². The monoisotopic (exact) mass is 314 g/mol. The maximum atomic E-state index is 12.3. The average molecular weight is 315 g/mol. The summed E-state index contributed by atoms with van der Waals surface area (Å²) in [6.45, 7) is 4.68. The minimum absolute atomic E-state index is 0.0521. The van der Waals surface area contributed by atoms with Crippen molar-refractivity contribution >= 4 is 21.8 Å². The van der Waals surface area contributed by atoms with Gasteiger partial charge in [0.25, 0.3) is 5.91 Å². The molecule has 2 heterocycles. The molecule has 18 heavy (non-hydrogen) atoms. The van der Waals surface area contributed by atoms with Crippen LogP contribution in [0, 0.1) is 0 Å². The molecule has 1 aromatic heterocycles. The molecule has 1 fully saturated rings. The van der Waals surface area contributed by atoms with Gasteiger partial charge in [-0.05, 0) is 19.0 Å². The van der Waals surface area contributed by atoms with Gasteiger partial charge in [-0.25, -0.2) is 0 Å². The Kier molecular flexibility index (Phi) is 4.77. The van der Waals surface area contributed by atoms with Crippen molar-refractivity contribution in [3.05, 3.63) is 18.0 Å². The first-order valence-electron chi connectivity index (χ1n) is 6.28. The van der Waals surface area contributed by atoms with E-state index in [-0.39, 0.29) is 5.91 Å². The van der Waals surface area contributed by atoms with Crippen molar-refractivity contribution in [3.8, 4) is 0 Å². The predicted molar refractivity (Wildman–Crippen MR) is 74.0 cm³/mol. The molecule has 1 saturated heterocycles. The van der Waals surface area contributed by atoms with Gasteiger partial charge in [0.2, 0.25) is 0 Å². The fourth-order valence-electron chi connectivity index (χ4n) is 2.21. The molecule has 0 unspecified atom stereocenters. The van der Waals surface area contributed by atoms with Crippen molar-refractivity contribution in [2.75, 3.05) is 38.1 Å². The minimum atomic E-state index is 0.0521. The van der Waals surface area contributed by atoms with E-state index in [1.165, 1.54) is 0 Å². The summed E-state index contributed by atoms with van der Waals surface area (Å²) in [5.41, 5.74) is 0.548. The number of carbonyl (C=O) groups is 1. The molecule has 0 N–H and O–H groups in total. The summed E-state index contributed by atoms with van der Waals surface area (Å²) in [6.07, 6.45) is 2.84. The van der Waals surface area contributed by atoms with E-state index < -0.39 is 0 Å². The van der Waals surface area contributed by atoms with Gasteiger partial charge in [-0.3, -0.25) is 9.48 Å². The van der Waals surface area contributed by atoms with Crippen LogP contribution < -0.4 is 0 Å². The molecular weight excluding hydrogens is 296 g/mol. The van der Waals surface area contributed by atoms with Crippen LogP contribution in [0.15, 0.2) is 12.3 Å². The second-order valence-electron chi connectivity index (χ2n) is 4.55. The van der Waals surface area contributed by atoms with Gasteiger partial charge in [-0.1, -0.05) is 15.9 Å². The van der Waals surface area contributed by atoms with E-state index in [0.29, 0.717) is 5.69 Å². The number of aromatic nitrogens is 2. The summed E-state index contributed by atoms with van der Waals surface area (Å²) in [4.78, 5) is 16.6. The highest BCUT2D eigenvalue weighted by Crippen LogP contribution is 2.08. The van der Waals surface area contributed by atoms with Crippen molar-refractivity contribution in [3.63, 3.8) is 0 Å². The van der Waals surface area contributed by atoms with Gasteiger partial charge in [0.05, 0.1) is 0 Å². The summed E-state index contributed by atoms with van der Waals surface area (Å²) in [7, 11) is 1.83. The Labute approximate surface area is 116 Å². The van der Waals surface area contributed by atoms with Crippen LogP contribution in [0.1, 0.15) is 16.9 Å². The number of alkyl halides is 1. The molecule has 1 aromatic rings. The summed E-state index contributed by atoms with van der Waals surface area (Å²) in [6, 6.07) is 1.78. The van der Waals surface area contributed by atoms with Crippen LogP contribution in [0.25, 0.3) is 0 Å². The Bertz CT molecular complexity index is 407. The van der Waals surface area contributed by atoms with Crippen molar-refractivity contribution in [1.82, 2.24) is 19.6 Å². The number of carbonyl (C=O) groups excluding carboxylic acids is 1. The Hall–Kier alpha value is -0.880. The molecule has 1 aliphatic rings. The first-order chi connectivity index (χ1) is 8.70. The molecule has 0 radical (unpaired) electrons. The lowest BCUT2D eigenvalue weighted by atomic mass is 10.3. The second-order valence-corrected chi connectivity index (χ2v) is 5.34. The third kappa shape index (κ3) is 3.32. The lowest BCUT2D eigenvalue weighted by Crippen LogP contribution is -2.35. The molecule has 0 aliphatic carbocycles. The quantitative estimate of drug-likeness (QED) is 0.780. The van der Waals surface area contributed by atoms with E-state index in [1.807, 2.05) is 18.1 Å². The highest BCUT2D eigenvalue weighted by Gasteiger charge is 2.21. The topological polar surface area (TPSA) is 41.4 Å². The number of aryl methyl sites for hydroxylation is 1. The van der Waals surface area contributed by atoms with Crippen molar-refractivity contribution in [2.45, 2.75) is 6.42 Å². The number of rotatable bonds is 3. The van der Waals surface area contributed by atoms with Crippen molar-refractivity contribution in [2.24, 2.45) is 7.05 Å². The van der Waals surface area contributed by atoms with Crippen LogP contribution in [0.2, 0.25) is 0 Å². The van der Waals surface area contributed by atoms with E-state index in [0.717, 1.165) is 44.5 Å². The summed E-state index contributed by atoms with van der Waals surface area (Å²) in [5.74, 6) is 0.0521. The molecule has 6 heteroatoms. The molecule has 100 valence electrons. The van der Waals surface area contributed by atoms with Gasteiger partial charge in [-0.2, -0.15) is 5.10 Å². The SMILES string of the molecule is Cn1ccc(C(=O)N2CCCN(CCBr)CC2)n1. The predicted octanol–water partition coefficient (Wildman–Crippen LogP) is 0.963. The zero-order chi connectivity index (χ0) is 13.0. The smallest absolute Gasteiger partial charge is 0.274 e. The van der Waals surface area contributed by atoms with Gasteiger partial charge in [0.1, 0.15) is 5.69 Å². The van der Waals surface area contributed by atoms with Crippen LogP contribution in [0.3, 0.4) is 0 Å². The number of nitrogens with zero attached hydrogens (tertiary/aromatic N) is 4. The number of hydrogen-bond acceptors (Lipinski definition) is 3. The fourth-order valence-corrected chi connectivity index (χ4v) is 2.71. The van der Waals surface area contributed by atoms with E-state index >= 15 is 0 Å². The normalized spacial score (nSPS) is 17.8. The number of hydrogen-bond donors (Lipinski definition) is 0. The lowest BCUT2D eigenvalue weighted by molar-refractivity contribution is 0.0755. The van der Waals surface area contributed by atoms with E-state index in [2.05, 4.69) is 25.9 Å². The van der Waals surface area contributed by atoms with Crippen LogP contribution >= 0.6 is 15.9 Å². The Morgan fingerprint density at radius 3 is 2.89 bits per heavy atom. The molecule has 0 atom stereocenters. The van der Waals surface area contributed by atoms with E-state index in [9.17, 15) is 4.79 Å². The zero-order valence-electron chi connectivity index (χ0n) is 10.7. The standard InChI is InChI=1S/C12H19BrN4O/c1-15-7-3-11(14-15)12(18)17-6-2-5-16(8-4-13)9-10-17/h3,7H,2,4-6,8-10H2,1H3. The van der Waals surface area contributed by atoms with Gasteiger partial charge < -0.3 is 9.80 Å². The molecule has 0 saturated carbocycles. The number of amides is 1. The third-order valence-electron chi connectivity index (χ3n) is 3.21. The van der Waals surface area contributed by atoms with Crippen LogP contribution in [-0.4, -0.2) is 63.5 Å². The Morgan fingerprint density at radius 2 is 2.22 bits per heavy atom. The molecule has 0 aromatic carbocycles. The van der Waals surface area contributed by atoms with E-state index in [1.54, 1.807) is 10.7 Å². The first kappa shape index (κ1) is 13.5. The third-order valence-corrected chi connectivity index (χ3v) is 3.56. The second kappa shape index (κ2) is 6.33. The molecule has 1 aliphatic heterocycles. The van der Waals surface area contributed by atoms with Crippen LogP contribution in [0.5, 0.6) is 0 Å².